The molecule has 0 radical (unpaired) electrons. The Morgan fingerprint density at radius 3 is 2.30 bits per heavy atom. The Morgan fingerprint density at radius 2 is 1.80 bits per heavy atom. The fourth-order valence-electron chi connectivity index (χ4n) is 2.66. The first-order valence-corrected chi connectivity index (χ1v) is 7.36. The Balaban J connectivity index is 2.13. The molecule has 108 valence electrons. The molecule has 0 spiro atoms. The zero-order chi connectivity index (χ0) is 14.4. The molecule has 0 amide bonds. The van der Waals surface area contributed by atoms with Crippen LogP contribution < -0.4 is 4.90 Å². The van der Waals surface area contributed by atoms with Crippen LogP contribution in [-0.2, 0) is 4.74 Å². The number of hydrogen-bond acceptors (Lipinski definition) is 4. The van der Waals surface area contributed by atoms with Crippen molar-refractivity contribution in [2.75, 3.05) is 44.3 Å². The highest BCUT2D eigenvalue weighted by molar-refractivity contribution is 5.48. The molecule has 1 aliphatic rings. The predicted octanol–water partition coefficient (Wildman–Crippen LogP) is 2.43. The second kappa shape index (κ2) is 7.28. The highest BCUT2D eigenvalue weighted by atomic mass is 16.5. The van der Waals surface area contributed by atoms with Gasteiger partial charge in [0.2, 0.25) is 0 Å². The lowest BCUT2D eigenvalue weighted by Crippen LogP contribution is -2.38. The van der Waals surface area contributed by atoms with Gasteiger partial charge in [-0.1, -0.05) is 12.1 Å². The predicted molar refractivity (Wildman–Crippen MR) is 80.7 cm³/mol. The van der Waals surface area contributed by atoms with Gasteiger partial charge in [0.05, 0.1) is 19.3 Å². The van der Waals surface area contributed by atoms with E-state index in [1.54, 1.807) is 0 Å². The van der Waals surface area contributed by atoms with Crippen LogP contribution in [0.1, 0.15) is 25.5 Å². The molecule has 4 nitrogen and oxygen atoms in total. The number of benzene rings is 1. The zero-order valence-electron chi connectivity index (χ0n) is 12.4. The van der Waals surface area contributed by atoms with Gasteiger partial charge in [-0.15, -0.1) is 0 Å². The molecule has 0 N–H and O–H groups in total. The van der Waals surface area contributed by atoms with Crippen molar-refractivity contribution in [3.63, 3.8) is 0 Å². The van der Waals surface area contributed by atoms with Crippen molar-refractivity contribution < 1.29 is 4.74 Å². The van der Waals surface area contributed by atoms with Gasteiger partial charge in [-0.05, 0) is 31.5 Å². The van der Waals surface area contributed by atoms with Gasteiger partial charge in [0.25, 0.3) is 0 Å². The minimum absolute atomic E-state index is 0.162. The Labute approximate surface area is 121 Å². The molecule has 1 atom stereocenters. The highest BCUT2D eigenvalue weighted by Crippen LogP contribution is 2.24. The summed E-state index contributed by atoms with van der Waals surface area (Å²) in [6.45, 7) is 9.41. The molecule has 1 heterocycles. The van der Waals surface area contributed by atoms with Crippen LogP contribution >= 0.6 is 0 Å². The maximum Gasteiger partial charge on any atom is 0.124 e. The van der Waals surface area contributed by atoms with Gasteiger partial charge in [0.1, 0.15) is 6.04 Å². The van der Waals surface area contributed by atoms with Crippen LogP contribution in [0.5, 0.6) is 0 Å². The van der Waals surface area contributed by atoms with Gasteiger partial charge >= 0.3 is 0 Å². The molecule has 0 unspecified atom stereocenters. The summed E-state index contributed by atoms with van der Waals surface area (Å²) in [5, 5.41) is 9.46. The Bertz CT molecular complexity index is 442. The van der Waals surface area contributed by atoms with Crippen LogP contribution in [0.2, 0.25) is 0 Å². The summed E-state index contributed by atoms with van der Waals surface area (Å²) < 4.78 is 5.35. The van der Waals surface area contributed by atoms with E-state index in [0.717, 1.165) is 45.0 Å². The van der Waals surface area contributed by atoms with Crippen molar-refractivity contribution in [3.05, 3.63) is 29.8 Å². The first kappa shape index (κ1) is 14.8. The molecule has 0 bridgehead atoms. The van der Waals surface area contributed by atoms with E-state index in [1.165, 1.54) is 5.69 Å². The Kier molecular flexibility index (Phi) is 5.40. The van der Waals surface area contributed by atoms with Gasteiger partial charge < -0.3 is 9.64 Å². The maximum absolute atomic E-state index is 9.46. The van der Waals surface area contributed by atoms with Gasteiger partial charge in [-0.2, -0.15) is 5.26 Å². The molecule has 1 aromatic carbocycles. The average Bonchev–Trinajstić information content (AvgIpc) is 2.52. The molecule has 0 aliphatic carbocycles. The zero-order valence-corrected chi connectivity index (χ0v) is 12.4. The van der Waals surface area contributed by atoms with E-state index in [2.05, 4.69) is 54.0 Å². The summed E-state index contributed by atoms with van der Waals surface area (Å²) in [5.74, 6) is 0. The van der Waals surface area contributed by atoms with Crippen molar-refractivity contribution in [1.82, 2.24) is 4.90 Å². The highest BCUT2D eigenvalue weighted by Gasteiger charge is 2.22. The van der Waals surface area contributed by atoms with Gasteiger partial charge in [-0.3, -0.25) is 4.90 Å². The second-order valence-electron chi connectivity index (χ2n) is 4.94. The normalized spacial score (nSPS) is 17.4. The number of ether oxygens (including phenoxy) is 1. The molecule has 2 rings (SSSR count). The molecule has 0 aromatic heterocycles. The molecular weight excluding hydrogens is 250 g/mol. The molecule has 1 fully saturated rings. The van der Waals surface area contributed by atoms with Crippen molar-refractivity contribution in [2.24, 2.45) is 0 Å². The fourth-order valence-corrected chi connectivity index (χ4v) is 2.66. The molecule has 20 heavy (non-hydrogen) atoms. The Morgan fingerprint density at radius 1 is 1.20 bits per heavy atom. The van der Waals surface area contributed by atoms with Crippen LogP contribution in [0.15, 0.2) is 24.3 Å². The molecule has 1 aliphatic heterocycles. The number of anilines is 1. The van der Waals surface area contributed by atoms with Gasteiger partial charge in [0, 0.05) is 31.9 Å². The van der Waals surface area contributed by atoms with Crippen molar-refractivity contribution in [1.29, 1.82) is 5.26 Å². The lowest BCUT2D eigenvalue weighted by atomic mass is 10.1. The van der Waals surface area contributed by atoms with E-state index in [4.69, 9.17) is 4.74 Å². The number of morpholine rings is 1. The maximum atomic E-state index is 9.46. The second-order valence-corrected chi connectivity index (χ2v) is 4.94. The van der Waals surface area contributed by atoms with E-state index in [9.17, 15) is 5.26 Å². The summed E-state index contributed by atoms with van der Waals surface area (Å²) in [5.41, 5.74) is 2.29. The number of hydrogen-bond donors (Lipinski definition) is 0. The monoisotopic (exact) mass is 273 g/mol. The molecule has 1 aromatic rings. The number of nitrogens with zero attached hydrogens (tertiary/aromatic N) is 3. The van der Waals surface area contributed by atoms with E-state index < -0.39 is 0 Å². The molecular formula is C16H23N3O. The van der Waals surface area contributed by atoms with Crippen LogP contribution in [0.25, 0.3) is 0 Å². The van der Waals surface area contributed by atoms with Crippen LogP contribution in [0, 0.1) is 11.3 Å². The Hall–Kier alpha value is -1.57. The largest absolute Gasteiger partial charge is 0.379 e. The van der Waals surface area contributed by atoms with Crippen molar-refractivity contribution in [2.45, 2.75) is 19.9 Å². The van der Waals surface area contributed by atoms with Crippen LogP contribution in [0.4, 0.5) is 5.69 Å². The third-order valence-electron chi connectivity index (χ3n) is 3.87. The topological polar surface area (TPSA) is 39.5 Å². The molecule has 4 heteroatoms. The van der Waals surface area contributed by atoms with E-state index in [-0.39, 0.29) is 6.04 Å². The van der Waals surface area contributed by atoms with Crippen LogP contribution in [-0.4, -0.2) is 44.3 Å². The SMILES string of the molecule is CCN(CC)c1ccc([C@H](C#N)N2CCOCC2)cc1. The number of rotatable bonds is 5. The van der Waals surface area contributed by atoms with E-state index in [0.29, 0.717) is 0 Å². The molecule has 1 saturated heterocycles. The van der Waals surface area contributed by atoms with Gasteiger partial charge in [-0.25, -0.2) is 0 Å². The summed E-state index contributed by atoms with van der Waals surface area (Å²) in [7, 11) is 0. The van der Waals surface area contributed by atoms with E-state index >= 15 is 0 Å². The quantitative estimate of drug-likeness (QED) is 0.826. The first-order valence-electron chi connectivity index (χ1n) is 7.36. The minimum atomic E-state index is -0.162. The summed E-state index contributed by atoms with van der Waals surface area (Å²) in [6, 6.07) is 10.7. The third kappa shape index (κ3) is 3.30. The number of nitriles is 1. The fraction of sp³-hybridized carbons (Fsp3) is 0.562. The summed E-state index contributed by atoms with van der Waals surface area (Å²) in [4.78, 5) is 4.50. The van der Waals surface area contributed by atoms with Crippen molar-refractivity contribution in [3.8, 4) is 6.07 Å². The summed E-state index contributed by atoms with van der Waals surface area (Å²) >= 11 is 0. The van der Waals surface area contributed by atoms with Gasteiger partial charge in [0.15, 0.2) is 0 Å². The smallest absolute Gasteiger partial charge is 0.124 e. The summed E-state index contributed by atoms with van der Waals surface area (Å²) in [6.07, 6.45) is 0. The third-order valence-corrected chi connectivity index (χ3v) is 3.87. The van der Waals surface area contributed by atoms with Crippen LogP contribution in [0.3, 0.4) is 0 Å². The first-order chi connectivity index (χ1) is 9.80. The van der Waals surface area contributed by atoms with E-state index in [1.807, 2.05) is 0 Å². The lowest BCUT2D eigenvalue weighted by Gasteiger charge is -2.31. The van der Waals surface area contributed by atoms with Crippen molar-refractivity contribution >= 4 is 5.69 Å². The minimum Gasteiger partial charge on any atom is -0.379 e. The average molecular weight is 273 g/mol. The lowest BCUT2D eigenvalue weighted by molar-refractivity contribution is 0.0266. The standard InChI is InChI=1S/C16H23N3O/c1-3-18(4-2)15-7-5-14(6-8-15)16(13-17)19-9-11-20-12-10-19/h5-8,16H,3-4,9-12H2,1-2H3/t16-/m0/s1. The molecule has 0 saturated carbocycles.